The van der Waals surface area contributed by atoms with Crippen molar-refractivity contribution in [3.8, 4) is 0 Å². The molecule has 50 valence electrons. The minimum Gasteiger partial charge on any atom is -0.493 e. The standard InChI is InChI=1S/C2H6O4P.W/c1-5-7(4)6-2-3;/h3-4H,1-2H2;/q-1;. The minimum atomic E-state index is -1.94. The van der Waals surface area contributed by atoms with E-state index in [-0.39, 0.29) is 21.1 Å². The second-order valence-electron chi connectivity index (χ2n) is 0.625. The van der Waals surface area contributed by atoms with Gasteiger partial charge in [-0.15, -0.1) is 0 Å². The number of aliphatic hydroxyl groups is 1. The Bertz CT molecular complexity index is 45.0. The van der Waals surface area contributed by atoms with Gasteiger partial charge in [-0.2, -0.15) is 0 Å². The third-order valence-corrected chi connectivity index (χ3v) is 0.836. The van der Waals surface area contributed by atoms with Gasteiger partial charge in [0.15, 0.2) is 6.79 Å². The molecule has 0 aromatic carbocycles. The Labute approximate surface area is 63.1 Å². The first-order valence-corrected chi connectivity index (χ1v) is 2.59. The van der Waals surface area contributed by atoms with Gasteiger partial charge >= 0.3 is 0 Å². The summed E-state index contributed by atoms with van der Waals surface area (Å²) in [5.74, 6) is 0. The second-order valence-corrected chi connectivity index (χ2v) is 1.62. The van der Waals surface area contributed by atoms with E-state index in [9.17, 15) is 0 Å². The predicted molar refractivity (Wildman–Crippen MR) is 23.8 cm³/mol. The van der Waals surface area contributed by atoms with E-state index in [1.165, 1.54) is 0 Å². The van der Waals surface area contributed by atoms with Crippen molar-refractivity contribution in [1.82, 2.24) is 0 Å². The number of rotatable bonds is 3. The van der Waals surface area contributed by atoms with Crippen molar-refractivity contribution >= 4 is 8.60 Å². The summed E-state index contributed by atoms with van der Waals surface area (Å²) in [5, 5.41) is 7.89. The van der Waals surface area contributed by atoms with Gasteiger partial charge in [0.25, 0.3) is 8.60 Å². The monoisotopic (exact) mass is 309 g/mol. The van der Waals surface area contributed by atoms with Gasteiger partial charge in [0.05, 0.1) is 0 Å². The van der Waals surface area contributed by atoms with E-state index in [1.54, 1.807) is 0 Å². The molecule has 4 nitrogen and oxygen atoms in total. The van der Waals surface area contributed by atoms with E-state index in [4.69, 9.17) is 10.00 Å². The summed E-state index contributed by atoms with van der Waals surface area (Å²) in [6, 6.07) is 0. The Hall–Kier alpha value is 0.958. The quantitative estimate of drug-likeness (QED) is 0.437. The SMILES string of the molecule is [CH2-]OP(O)OCO.[W]. The molecule has 2 N–H and O–H groups in total. The van der Waals surface area contributed by atoms with Crippen LogP contribution in [0.2, 0.25) is 0 Å². The van der Waals surface area contributed by atoms with Gasteiger partial charge in [0.2, 0.25) is 0 Å². The van der Waals surface area contributed by atoms with Crippen LogP contribution in [-0.4, -0.2) is 16.8 Å². The van der Waals surface area contributed by atoms with Gasteiger partial charge in [-0.1, -0.05) is 0 Å². The predicted octanol–water partition coefficient (Wildman–Crippen LogP) is -0.0223. The van der Waals surface area contributed by atoms with Gasteiger partial charge < -0.3 is 14.5 Å². The van der Waals surface area contributed by atoms with Crippen LogP contribution in [0, 0.1) is 7.11 Å². The molecule has 0 heterocycles. The fourth-order valence-corrected chi connectivity index (χ4v) is 0.260. The summed E-state index contributed by atoms with van der Waals surface area (Å²) in [5.41, 5.74) is 0. The Morgan fingerprint density at radius 3 is 2.25 bits per heavy atom. The van der Waals surface area contributed by atoms with E-state index < -0.39 is 15.4 Å². The van der Waals surface area contributed by atoms with E-state index in [1.807, 2.05) is 0 Å². The molecular formula is C2H6O4PW-. The van der Waals surface area contributed by atoms with Crippen LogP contribution in [0.3, 0.4) is 0 Å². The first kappa shape index (κ1) is 11.7. The first-order valence-electron chi connectivity index (χ1n) is 1.46. The van der Waals surface area contributed by atoms with Crippen LogP contribution in [-0.2, 0) is 30.1 Å². The van der Waals surface area contributed by atoms with Crippen molar-refractivity contribution in [1.29, 1.82) is 0 Å². The van der Waals surface area contributed by atoms with E-state index in [0.717, 1.165) is 0 Å². The van der Waals surface area contributed by atoms with Gasteiger partial charge in [0.1, 0.15) is 0 Å². The first-order chi connectivity index (χ1) is 3.31. The minimum absolute atomic E-state index is 0. The average molecular weight is 309 g/mol. The zero-order chi connectivity index (χ0) is 5.70. The molecule has 0 spiro atoms. The molecule has 0 aromatic rings. The molecule has 0 radical (unpaired) electrons. The average Bonchev–Trinajstić information content (AvgIpc) is 1.68. The Morgan fingerprint density at radius 1 is 1.62 bits per heavy atom. The molecule has 0 aliphatic carbocycles. The van der Waals surface area contributed by atoms with Crippen LogP contribution in [0.4, 0.5) is 0 Å². The Balaban J connectivity index is 0. The summed E-state index contributed by atoms with van der Waals surface area (Å²) in [6.45, 7) is -0.544. The molecule has 0 rings (SSSR count). The fourth-order valence-electron chi connectivity index (χ4n) is 0.0867. The summed E-state index contributed by atoms with van der Waals surface area (Å²) in [4.78, 5) is 8.26. The number of aliphatic hydroxyl groups excluding tert-OH is 1. The Morgan fingerprint density at radius 2 is 2.12 bits per heavy atom. The number of hydrogen-bond donors (Lipinski definition) is 2. The summed E-state index contributed by atoms with van der Waals surface area (Å²) in [6.07, 6.45) is 0. The summed E-state index contributed by atoms with van der Waals surface area (Å²) >= 11 is 0. The van der Waals surface area contributed by atoms with E-state index >= 15 is 0 Å². The summed E-state index contributed by atoms with van der Waals surface area (Å²) < 4.78 is 8.06. The second kappa shape index (κ2) is 7.96. The van der Waals surface area contributed by atoms with Crippen LogP contribution in [0.1, 0.15) is 0 Å². The fraction of sp³-hybridized carbons (Fsp3) is 0.500. The van der Waals surface area contributed by atoms with E-state index in [0.29, 0.717) is 0 Å². The molecule has 0 fully saturated rings. The van der Waals surface area contributed by atoms with Gasteiger partial charge in [-0.05, 0) is 0 Å². The molecule has 0 aromatic heterocycles. The maximum atomic E-state index is 8.26. The smallest absolute Gasteiger partial charge is 0.298 e. The number of hydrogen-bond acceptors (Lipinski definition) is 4. The van der Waals surface area contributed by atoms with Crippen molar-refractivity contribution < 1.29 is 40.1 Å². The van der Waals surface area contributed by atoms with Crippen LogP contribution in [0.15, 0.2) is 0 Å². The maximum absolute atomic E-state index is 8.26. The van der Waals surface area contributed by atoms with Gasteiger partial charge in [-0.25, -0.2) is 7.11 Å². The van der Waals surface area contributed by atoms with Crippen molar-refractivity contribution in [3.63, 3.8) is 0 Å². The van der Waals surface area contributed by atoms with Crippen molar-refractivity contribution in [2.45, 2.75) is 0 Å². The molecule has 0 amide bonds. The van der Waals surface area contributed by atoms with Gasteiger partial charge in [0, 0.05) is 21.1 Å². The Kier molecular flexibility index (Phi) is 11.7. The zero-order valence-corrected chi connectivity index (χ0v) is 7.81. The van der Waals surface area contributed by atoms with E-state index in [2.05, 4.69) is 16.2 Å². The van der Waals surface area contributed by atoms with Crippen molar-refractivity contribution in [2.75, 3.05) is 6.79 Å². The molecule has 0 saturated heterocycles. The molecule has 8 heavy (non-hydrogen) atoms. The molecule has 0 aliphatic rings. The van der Waals surface area contributed by atoms with Gasteiger partial charge in [-0.3, -0.25) is 4.52 Å². The maximum Gasteiger partial charge on any atom is 0.298 e. The van der Waals surface area contributed by atoms with Crippen LogP contribution in [0.25, 0.3) is 0 Å². The molecular weight excluding hydrogens is 303 g/mol. The molecule has 0 saturated carbocycles. The molecule has 1 atom stereocenters. The van der Waals surface area contributed by atoms with Crippen molar-refractivity contribution in [2.24, 2.45) is 0 Å². The van der Waals surface area contributed by atoms with Crippen LogP contribution in [0.5, 0.6) is 0 Å². The molecule has 6 heteroatoms. The molecule has 0 bridgehead atoms. The van der Waals surface area contributed by atoms with Crippen LogP contribution < -0.4 is 0 Å². The zero-order valence-electron chi connectivity index (χ0n) is 3.98. The molecule has 1 unspecified atom stereocenters. The summed E-state index contributed by atoms with van der Waals surface area (Å²) in [7, 11) is 0.907. The third-order valence-electron chi connectivity index (χ3n) is 0.279. The third kappa shape index (κ3) is 6.96. The largest absolute Gasteiger partial charge is 0.493 e. The van der Waals surface area contributed by atoms with Crippen LogP contribution >= 0.6 is 8.60 Å². The molecule has 0 aliphatic heterocycles. The normalized spacial score (nSPS) is 12.4. The van der Waals surface area contributed by atoms with Crippen molar-refractivity contribution in [3.05, 3.63) is 7.11 Å². The topological polar surface area (TPSA) is 58.9 Å².